The first-order valence-electron chi connectivity index (χ1n) is 11.4. The number of nitrogens with zero attached hydrogens (tertiary/aromatic N) is 2. The molecule has 0 unspecified atom stereocenters. The highest BCUT2D eigenvalue weighted by Gasteiger charge is 2.17. The van der Waals surface area contributed by atoms with Crippen LogP contribution >= 0.6 is 0 Å². The number of hydrogen-bond donors (Lipinski definition) is 1. The standard InChI is InChI=1S/C26H33N3O3/c1-5-6-9-29-17-23(22-14-19(4)27-25(22)26(29)30)20-7-8-21(24(15-20)32-18(2)3)16-28-10-12-31-13-11-28/h5-8,14-15,17-18,27H,9-13,16H2,1-4H3/b6-5+. The van der Waals surface area contributed by atoms with Gasteiger partial charge in [-0.1, -0.05) is 24.3 Å². The Hall–Kier alpha value is -2.83. The number of allylic oxidation sites excluding steroid dienone is 2. The van der Waals surface area contributed by atoms with Crippen molar-refractivity contribution in [3.8, 4) is 16.9 Å². The molecule has 170 valence electrons. The normalized spacial score (nSPS) is 15.3. The number of morpholine rings is 1. The van der Waals surface area contributed by atoms with Crippen LogP contribution in [0.3, 0.4) is 0 Å². The maximum Gasteiger partial charge on any atom is 0.275 e. The highest BCUT2D eigenvalue weighted by Crippen LogP contribution is 2.33. The summed E-state index contributed by atoms with van der Waals surface area (Å²) in [5, 5.41) is 0.945. The Morgan fingerprint density at radius 2 is 2.00 bits per heavy atom. The number of H-pyrrole nitrogens is 1. The summed E-state index contributed by atoms with van der Waals surface area (Å²) in [5.74, 6) is 0.899. The predicted molar refractivity (Wildman–Crippen MR) is 129 cm³/mol. The first-order chi connectivity index (χ1) is 15.5. The van der Waals surface area contributed by atoms with E-state index in [9.17, 15) is 4.79 Å². The Morgan fingerprint density at radius 1 is 1.22 bits per heavy atom. The summed E-state index contributed by atoms with van der Waals surface area (Å²) in [6.07, 6.45) is 6.00. The Balaban J connectivity index is 1.80. The molecular weight excluding hydrogens is 402 g/mol. The SMILES string of the molecule is C/C=C/Cn1cc(-c2ccc(CN3CCOCC3)c(OC(C)C)c2)c2cc(C)[nH]c2c1=O. The lowest BCUT2D eigenvalue weighted by Gasteiger charge is -2.27. The van der Waals surface area contributed by atoms with Crippen LogP contribution in [0.2, 0.25) is 0 Å². The maximum atomic E-state index is 13.0. The number of fused-ring (bicyclic) bond motifs is 1. The van der Waals surface area contributed by atoms with Gasteiger partial charge in [0.25, 0.3) is 5.56 Å². The van der Waals surface area contributed by atoms with E-state index in [0.29, 0.717) is 12.1 Å². The summed E-state index contributed by atoms with van der Waals surface area (Å²) in [4.78, 5) is 18.6. The minimum atomic E-state index is -0.00228. The molecule has 1 aromatic carbocycles. The van der Waals surface area contributed by atoms with Gasteiger partial charge in [0, 0.05) is 54.6 Å². The third-order valence-electron chi connectivity index (χ3n) is 5.78. The third-order valence-corrected chi connectivity index (χ3v) is 5.78. The minimum Gasteiger partial charge on any atom is -0.491 e. The van der Waals surface area contributed by atoms with E-state index in [2.05, 4.69) is 48.0 Å². The highest BCUT2D eigenvalue weighted by atomic mass is 16.5. The van der Waals surface area contributed by atoms with Gasteiger partial charge in [-0.2, -0.15) is 0 Å². The van der Waals surface area contributed by atoms with Crippen molar-refractivity contribution in [1.29, 1.82) is 0 Å². The number of pyridine rings is 1. The average Bonchev–Trinajstić information content (AvgIpc) is 3.17. The van der Waals surface area contributed by atoms with Crippen molar-refractivity contribution in [1.82, 2.24) is 14.5 Å². The van der Waals surface area contributed by atoms with Crippen LogP contribution < -0.4 is 10.3 Å². The Kier molecular flexibility index (Phi) is 6.82. The molecule has 1 fully saturated rings. The molecule has 1 aliphatic heterocycles. The lowest BCUT2D eigenvalue weighted by atomic mass is 10.0. The van der Waals surface area contributed by atoms with Crippen molar-refractivity contribution in [2.45, 2.75) is 46.9 Å². The molecule has 0 atom stereocenters. The smallest absolute Gasteiger partial charge is 0.275 e. The van der Waals surface area contributed by atoms with Crippen molar-refractivity contribution < 1.29 is 9.47 Å². The van der Waals surface area contributed by atoms with Gasteiger partial charge in [-0.3, -0.25) is 9.69 Å². The van der Waals surface area contributed by atoms with E-state index in [1.165, 1.54) is 5.56 Å². The fourth-order valence-corrected chi connectivity index (χ4v) is 4.20. The first kappa shape index (κ1) is 22.4. The van der Waals surface area contributed by atoms with Crippen LogP contribution in [0.1, 0.15) is 32.0 Å². The zero-order valence-corrected chi connectivity index (χ0v) is 19.5. The van der Waals surface area contributed by atoms with Crippen LogP contribution in [0, 0.1) is 6.92 Å². The summed E-state index contributed by atoms with van der Waals surface area (Å²) in [5.41, 5.74) is 4.87. The van der Waals surface area contributed by atoms with Gasteiger partial charge in [0.05, 0.1) is 19.3 Å². The molecule has 1 saturated heterocycles. The molecule has 1 aliphatic rings. The topological polar surface area (TPSA) is 59.5 Å². The average molecular weight is 436 g/mol. The van der Waals surface area contributed by atoms with Crippen molar-refractivity contribution in [2.24, 2.45) is 0 Å². The molecule has 0 radical (unpaired) electrons. The molecular formula is C26H33N3O3. The van der Waals surface area contributed by atoms with Crippen LogP contribution in [-0.2, 0) is 17.8 Å². The van der Waals surface area contributed by atoms with Gasteiger partial charge >= 0.3 is 0 Å². The highest BCUT2D eigenvalue weighted by molar-refractivity contribution is 5.95. The molecule has 6 nitrogen and oxygen atoms in total. The van der Waals surface area contributed by atoms with E-state index in [-0.39, 0.29) is 11.7 Å². The van der Waals surface area contributed by atoms with Gasteiger partial charge in [-0.15, -0.1) is 0 Å². The second kappa shape index (κ2) is 9.76. The molecule has 0 amide bonds. The first-order valence-corrected chi connectivity index (χ1v) is 11.4. The van der Waals surface area contributed by atoms with Crippen molar-refractivity contribution >= 4 is 10.9 Å². The fourth-order valence-electron chi connectivity index (χ4n) is 4.20. The number of aromatic nitrogens is 2. The number of nitrogens with one attached hydrogen (secondary N) is 1. The fraction of sp³-hybridized carbons (Fsp3) is 0.423. The molecule has 3 aromatic rings. The van der Waals surface area contributed by atoms with Gasteiger partial charge in [-0.25, -0.2) is 0 Å². The van der Waals surface area contributed by atoms with E-state index < -0.39 is 0 Å². The van der Waals surface area contributed by atoms with E-state index >= 15 is 0 Å². The molecule has 0 bridgehead atoms. The molecule has 3 heterocycles. The van der Waals surface area contributed by atoms with Crippen LogP contribution in [-0.4, -0.2) is 46.9 Å². The molecule has 1 N–H and O–H groups in total. The molecule has 0 aliphatic carbocycles. The van der Waals surface area contributed by atoms with Gasteiger partial charge in [0.2, 0.25) is 0 Å². The van der Waals surface area contributed by atoms with Crippen LogP contribution in [0.15, 0.2) is 47.4 Å². The van der Waals surface area contributed by atoms with E-state index in [1.54, 1.807) is 4.57 Å². The third kappa shape index (κ3) is 4.81. The number of hydrogen-bond acceptors (Lipinski definition) is 4. The zero-order valence-electron chi connectivity index (χ0n) is 19.5. The number of benzene rings is 1. The molecule has 2 aromatic heterocycles. The molecule has 4 rings (SSSR count). The zero-order chi connectivity index (χ0) is 22.7. The lowest BCUT2D eigenvalue weighted by Crippen LogP contribution is -2.35. The predicted octanol–water partition coefficient (Wildman–Crippen LogP) is 4.50. The summed E-state index contributed by atoms with van der Waals surface area (Å²) < 4.78 is 13.5. The van der Waals surface area contributed by atoms with Crippen LogP contribution in [0.5, 0.6) is 5.75 Å². The van der Waals surface area contributed by atoms with Crippen molar-refractivity contribution in [3.05, 3.63) is 64.2 Å². The van der Waals surface area contributed by atoms with Gasteiger partial charge in [0.1, 0.15) is 11.3 Å². The largest absolute Gasteiger partial charge is 0.491 e. The van der Waals surface area contributed by atoms with Crippen LogP contribution in [0.4, 0.5) is 0 Å². The second-order valence-electron chi connectivity index (χ2n) is 8.69. The number of ether oxygens (including phenoxy) is 2. The van der Waals surface area contributed by atoms with Crippen molar-refractivity contribution in [2.75, 3.05) is 26.3 Å². The van der Waals surface area contributed by atoms with E-state index in [1.807, 2.05) is 32.2 Å². The summed E-state index contributed by atoms with van der Waals surface area (Å²) >= 11 is 0. The maximum absolute atomic E-state index is 13.0. The monoisotopic (exact) mass is 435 g/mol. The van der Waals surface area contributed by atoms with Crippen LogP contribution in [0.25, 0.3) is 22.0 Å². The number of aryl methyl sites for hydroxylation is 1. The quantitative estimate of drug-likeness (QED) is 0.555. The number of rotatable bonds is 7. The Morgan fingerprint density at radius 3 is 2.72 bits per heavy atom. The second-order valence-corrected chi connectivity index (χ2v) is 8.69. The molecule has 0 spiro atoms. The Bertz CT molecular complexity index is 1170. The molecule has 32 heavy (non-hydrogen) atoms. The molecule has 0 saturated carbocycles. The lowest BCUT2D eigenvalue weighted by molar-refractivity contribution is 0.0336. The summed E-state index contributed by atoms with van der Waals surface area (Å²) in [6, 6.07) is 8.48. The minimum absolute atomic E-state index is 0.00228. The van der Waals surface area contributed by atoms with E-state index in [0.717, 1.165) is 60.8 Å². The molecule has 6 heteroatoms. The summed E-state index contributed by atoms with van der Waals surface area (Å²) in [6.45, 7) is 12.8. The number of aromatic amines is 1. The van der Waals surface area contributed by atoms with Gasteiger partial charge in [0.15, 0.2) is 0 Å². The van der Waals surface area contributed by atoms with Crippen molar-refractivity contribution in [3.63, 3.8) is 0 Å². The van der Waals surface area contributed by atoms with Gasteiger partial charge < -0.3 is 19.0 Å². The Labute approximate surface area is 189 Å². The summed E-state index contributed by atoms with van der Waals surface area (Å²) in [7, 11) is 0. The van der Waals surface area contributed by atoms with E-state index in [4.69, 9.17) is 9.47 Å². The van der Waals surface area contributed by atoms with Gasteiger partial charge in [-0.05, 0) is 45.4 Å².